The average molecular weight is 298 g/mol. The summed E-state index contributed by atoms with van der Waals surface area (Å²) in [5.41, 5.74) is 0. The van der Waals surface area contributed by atoms with Crippen molar-refractivity contribution < 1.29 is 0 Å². The molecule has 2 atom stereocenters. The maximum Gasteiger partial charge on any atom is -0.00173 e. The van der Waals surface area contributed by atoms with E-state index in [1.807, 2.05) is 0 Å². The van der Waals surface area contributed by atoms with Crippen LogP contribution in [-0.4, -0.2) is 39.3 Å². The molecule has 0 heterocycles. The van der Waals surface area contributed by atoms with Crippen molar-refractivity contribution in [1.29, 1.82) is 0 Å². The molecule has 1 saturated carbocycles. The van der Waals surface area contributed by atoms with Crippen molar-refractivity contribution in [3.05, 3.63) is 0 Å². The molecule has 3 heteroatoms. The highest BCUT2D eigenvalue weighted by Crippen LogP contribution is 2.36. The van der Waals surface area contributed by atoms with Crippen LogP contribution < -0.4 is 16.0 Å². The first-order valence-corrected chi connectivity index (χ1v) is 9.50. The quantitative estimate of drug-likeness (QED) is 0.383. The molecular formula is C18H39N3. The predicted octanol–water partition coefficient (Wildman–Crippen LogP) is 3.16. The van der Waals surface area contributed by atoms with E-state index in [1.165, 1.54) is 84.1 Å². The maximum atomic E-state index is 3.64. The Kier molecular flexibility index (Phi) is 12.2. The highest BCUT2D eigenvalue weighted by molar-refractivity contribution is 4.89. The first kappa shape index (κ1) is 18.9. The van der Waals surface area contributed by atoms with Crippen molar-refractivity contribution in [2.45, 2.75) is 65.2 Å². The summed E-state index contributed by atoms with van der Waals surface area (Å²) in [5.74, 6) is 1.90. The lowest BCUT2D eigenvalue weighted by Crippen LogP contribution is -2.23. The highest BCUT2D eigenvalue weighted by atomic mass is 14.9. The Morgan fingerprint density at radius 3 is 1.76 bits per heavy atom. The molecule has 0 radical (unpaired) electrons. The fourth-order valence-corrected chi connectivity index (χ4v) is 2.92. The van der Waals surface area contributed by atoms with Gasteiger partial charge in [0, 0.05) is 0 Å². The Hall–Kier alpha value is -0.120. The van der Waals surface area contributed by atoms with E-state index in [-0.39, 0.29) is 0 Å². The standard InChI is InChI=1S/C18H39N3/c1-3-5-6-7-8-12-20-15-17-14-18(17)16-21-13-10-9-11-19-4-2/h17-21H,3-16H2,1-2H3. The van der Waals surface area contributed by atoms with Gasteiger partial charge in [0.2, 0.25) is 0 Å². The van der Waals surface area contributed by atoms with Gasteiger partial charge in [0.05, 0.1) is 0 Å². The van der Waals surface area contributed by atoms with E-state index in [4.69, 9.17) is 0 Å². The van der Waals surface area contributed by atoms with E-state index in [1.54, 1.807) is 0 Å². The molecule has 0 amide bonds. The molecular weight excluding hydrogens is 258 g/mol. The number of hydrogen-bond acceptors (Lipinski definition) is 3. The molecule has 1 fully saturated rings. The van der Waals surface area contributed by atoms with Crippen molar-refractivity contribution in [1.82, 2.24) is 16.0 Å². The van der Waals surface area contributed by atoms with Crippen LogP contribution in [0.25, 0.3) is 0 Å². The molecule has 1 rings (SSSR count). The molecule has 0 aromatic heterocycles. The number of hydrogen-bond donors (Lipinski definition) is 3. The smallest absolute Gasteiger partial charge is 0.00173 e. The Bertz CT molecular complexity index is 199. The zero-order valence-corrected chi connectivity index (χ0v) is 14.6. The second-order valence-corrected chi connectivity index (χ2v) is 6.64. The topological polar surface area (TPSA) is 36.1 Å². The fourth-order valence-electron chi connectivity index (χ4n) is 2.92. The predicted molar refractivity (Wildman–Crippen MR) is 93.9 cm³/mol. The molecule has 0 bridgehead atoms. The molecule has 2 unspecified atom stereocenters. The largest absolute Gasteiger partial charge is 0.317 e. The minimum absolute atomic E-state index is 0.950. The van der Waals surface area contributed by atoms with E-state index in [9.17, 15) is 0 Å². The van der Waals surface area contributed by atoms with Gasteiger partial charge in [-0.3, -0.25) is 0 Å². The van der Waals surface area contributed by atoms with Gasteiger partial charge < -0.3 is 16.0 Å². The number of nitrogens with one attached hydrogen (secondary N) is 3. The Morgan fingerprint density at radius 1 is 0.667 bits per heavy atom. The van der Waals surface area contributed by atoms with Crippen LogP contribution in [0.3, 0.4) is 0 Å². The molecule has 0 aromatic carbocycles. The Balaban J connectivity index is 1.74. The first-order valence-electron chi connectivity index (χ1n) is 9.50. The van der Waals surface area contributed by atoms with Gasteiger partial charge in [-0.25, -0.2) is 0 Å². The SMILES string of the molecule is CCCCCCCNCC1CC1CNCCCCNCC. The zero-order chi connectivity index (χ0) is 15.2. The molecule has 126 valence electrons. The number of unbranched alkanes of at least 4 members (excludes halogenated alkanes) is 5. The van der Waals surface area contributed by atoms with Crippen molar-refractivity contribution in [3.8, 4) is 0 Å². The van der Waals surface area contributed by atoms with Gasteiger partial charge in [-0.05, 0) is 76.8 Å². The summed E-state index contributed by atoms with van der Waals surface area (Å²) < 4.78 is 0. The molecule has 1 aliphatic rings. The Labute approximate surface area is 133 Å². The lowest BCUT2D eigenvalue weighted by atomic mass is 10.1. The third-order valence-electron chi connectivity index (χ3n) is 4.55. The monoisotopic (exact) mass is 297 g/mol. The van der Waals surface area contributed by atoms with E-state index in [0.29, 0.717) is 0 Å². The minimum Gasteiger partial charge on any atom is -0.317 e. The van der Waals surface area contributed by atoms with Crippen molar-refractivity contribution >= 4 is 0 Å². The summed E-state index contributed by atoms with van der Waals surface area (Å²) in [6.07, 6.45) is 11.0. The van der Waals surface area contributed by atoms with Crippen LogP contribution in [0.5, 0.6) is 0 Å². The molecule has 0 aliphatic heterocycles. The van der Waals surface area contributed by atoms with Crippen molar-refractivity contribution in [2.75, 3.05) is 39.3 Å². The molecule has 3 nitrogen and oxygen atoms in total. The van der Waals surface area contributed by atoms with Gasteiger partial charge in [-0.15, -0.1) is 0 Å². The van der Waals surface area contributed by atoms with Crippen LogP contribution in [0.1, 0.15) is 65.2 Å². The van der Waals surface area contributed by atoms with Gasteiger partial charge >= 0.3 is 0 Å². The summed E-state index contributed by atoms with van der Waals surface area (Å²) in [4.78, 5) is 0. The second kappa shape index (κ2) is 13.5. The van der Waals surface area contributed by atoms with Crippen LogP contribution in [-0.2, 0) is 0 Å². The fraction of sp³-hybridized carbons (Fsp3) is 1.00. The third kappa shape index (κ3) is 11.1. The minimum atomic E-state index is 0.950. The van der Waals surface area contributed by atoms with Gasteiger partial charge in [-0.1, -0.05) is 39.5 Å². The summed E-state index contributed by atoms with van der Waals surface area (Å²) in [7, 11) is 0. The second-order valence-electron chi connectivity index (χ2n) is 6.64. The van der Waals surface area contributed by atoms with E-state index >= 15 is 0 Å². The average Bonchev–Trinajstić information content (AvgIpc) is 3.24. The number of rotatable bonds is 16. The van der Waals surface area contributed by atoms with E-state index < -0.39 is 0 Å². The first-order chi connectivity index (χ1) is 10.4. The van der Waals surface area contributed by atoms with Crippen LogP contribution in [0.2, 0.25) is 0 Å². The van der Waals surface area contributed by atoms with Gasteiger partial charge in [0.1, 0.15) is 0 Å². The molecule has 0 aromatic rings. The van der Waals surface area contributed by atoms with Crippen LogP contribution in [0, 0.1) is 11.8 Å². The highest BCUT2D eigenvalue weighted by Gasteiger charge is 2.35. The van der Waals surface area contributed by atoms with Crippen molar-refractivity contribution in [2.24, 2.45) is 11.8 Å². The molecule has 0 spiro atoms. The maximum absolute atomic E-state index is 3.64. The van der Waals surface area contributed by atoms with Crippen LogP contribution in [0.4, 0.5) is 0 Å². The molecule has 0 saturated heterocycles. The summed E-state index contributed by atoms with van der Waals surface area (Å²) >= 11 is 0. The summed E-state index contributed by atoms with van der Waals surface area (Å²) in [6, 6.07) is 0. The molecule has 1 aliphatic carbocycles. The molecule has 3 N–H and O–H groups in total. The van der Waals surface area contributed by atoms with Gasteiger partial charge in [0.25, 0.3) is 0 Å². The van der Waals surface area contributed by atoms with Gasteiger partial charge in [-0.2, -0.15) is 0 Å². The van der Waals surface area contributed by atoms with Crippen LogP contribution in [0.15, 0.2) is 0 Å². The lowest BCUT2D eigenvalue weighted by molar-refractivity contribution is 0.529. The van der Waals surface area contributed by atoms with Crippen LogP contribution >= 0.6 is 0 Å². The summed E-state index contributed by atoms with van der Waals surface area (Å²) in [6.45, 7) is 11.6. The van der Waals surface area contributed by atoms with Crippen molar-refractivity contribution in [3.63, 3.8) is 0 Å². The summed E-state index contributed by atoms with van der Waals surface area (Å²) in [5, 5.41) is 10.6. The molecule has 21 heavy (non-hydrogen) atoms. The van der Waals surface area contributed by atoms with E-state index in [0.717, 1.165) is 18.4 Å². The third-order valence-corrected chi connectivity index (χ3v) is 4.55. The van der Waals surface area contributed by atoms with Gasteiger partial charge in [0.15, 0.2) is 0 Å². The zero-order valence-electron chi connectivity index (χ0n) is 14.6. The lowest BCUT2D eigenvalue weighted by Gasteiger charge is -2.06. The normalized spacial score (nSPS) is 20.9. The Morgan fingerprint density at radius 2 is 1.19 bits per heavy atom. The van der Waals surface area contributed by atoms with E-state index in [2.05, 4.69) is 29.8 Å².